The summed E-state index contributed by atoms with van der Waals surface area (Å²) in [4.78, 5) is 4.92. The predicted molar refractivity (Wildman–Crippen MR) is 279 cm³/mol. The van der Waals surface area contributed by atoms with Crippen molar-refractivity contribution in [2.75, 3.05) is 0 Å². The SMILES string of the molecule is CC(C)(C)c1ccnc(-n2c3ccccc3c3ccc(Oc4cc(-n5[c-][n+](-c6cc(C(C)(C)c7ccccc7)cc(C(C)(C)c7ccccc7)c6)cc5)cc(C(C)(C)c5ccccc5)c4)cc32)c1. The third kappa shape index (κ3) is 8.21. The Morgan fingerprint density at radius 3 is 1.59 bits per heavy atom. The zero-order valence-electron chi connectivity index (χ0n) is 40.7. The van der Waals surface area contributed by atoms with Gasteiger partial charge in [0, 0.05) is 51.7 Å². The van der Waals surface area contributed by atoms with Crippen molar-refractivity contribution in [2.24, 2.45) is 0 Å². The number of aromatic nitrogens is 4. The zero-order valence-corrected chi connectivity index (χ0v) is 40.7. The van der Waals surface area contributed by atoms with Gasteiger partial charge in [0.2, 0.25) is 0 Å². The van der Waals surface area contributed by atoms with Gasteiger partial charge in [-0.3, -0.25) is 13.7 Å². The summed E-state index contributed by atoms with van der Waals surface area (Å²) in [6.07, 6.45) is 9.87. The standard InChI is InChI=1S/C63H60N4O/c1-60(2,3)47-31-32-64-59(40-47)67-57-28-20-19-27-55(57)56-30-29-53(42-58(56)67)68-54-39-50(63(8,9)46-25-17-12-18-26-46)38-52(41-54)66-34-33-65(43-66)51-36-48(61(4,5)44-21-13-10-14-22-44)35-49(37-51)62(6,7)45-23-15-11-16-24-45/h10-42H,1-9H3. The van der Waals surface area contributed by atoms with Crippen LogP contribution in [0.4, 0.5) is 0 Å². The molecule has 0 aliphatic heterocycles. The minimum Gasteiger partial charge on any atom is -0.458 e. The fourth-order valence-corrected chi connectivity index (χ4v) is 9.69. The molecule has 0 aliphatic carbocycles. The third-order valence-electron chi connectivity index (χ3n) is 14.3. The number of fused-ring (bicyclic) bond motifs is 3. The molecule has 0 radical (unpaired) electrons. The topological polar surface area (TPSA) is 35.9 Å². The van der Waals surface area contributed by atoms with Crippen molar-refractivity contribution in [3.63, 3.8) is 0 Å². The summed E-state index contributed by atoms with van der Waals surface area (Å²) in [5.74, 6) is 2.37. The molecule has 0 spiro atoms. The lowest BCUT2D eigenvalue weighted by Gasteiger charge is -2.32. The molecule has 3 heterocycles. The second kappa shape index (κ2) is 17.0. The summed E-state index contributed by atoms with van der Waals surface area (Å²) in [6.45, 7) is 20.6. The van der Waals surface area contributed by atoms with Crippen molar-refractivity contribution in [1.29, 1.82) is 0 Å². The lowest BCUT2D eigenvalue weighted by molar-refractivity contribution is -0.599. The fourth-order valence-electron chi connectivity index (χ4n) is 9.69. The second-order valence-electron chi connectivity index (χ2n) is 20.9. The highest BCUT2D eigenvalue weighted by atomic mass is 16.5. The van der Waals surface area contributed by atoms with Crippen LogP contribution in [0.3, 0.4) is 0 Å². The quantitative estimate of drug-likeness (QED) is 0.0958. The van der Waals surface area contributed by atoms with Crippen LogP contribution in [-0.2, 0) is 21.7 Å². The first kappa shape index (κ1) is 44.3. The van der Waals surface area contributed by atoms with E-state index in [0.717, 1.165) is 50.7 Å². The average Bonchev–Trinajstić information content (AvgIpc) is 3.98. The fraction of sp³-hybridized carbons (Fsp3) is 0.206. The van der Waals surface area contributed by atoms with Gasteiger partial charge in [-0.1, -0.05) is 178 Å². The Balaban J connectivity index is 1.09. The Bertz CT molecular complexity index is 3350. The lowest BCUT2D eigenvalue weighted by Crippen LogP contribution is -2.31. The Hall–Kier alpha value is -7.50. The van der Waals surface area contributed by atoms with E-state index < -0.39 is 0 Å². The second-order valence-corrected chi connectivity index (χ2v) is 20.9. The van der Waals surface area contributed by atoms with Crippen LogP contribution in [0.25, 0.3) is 39.0 Å². The molecule has 0 aliphatic rings. The van der Waals surface area contributed by atoms with E-state index in [4.69, 9.17) is 9.72 Å². The first-order chi connectivity index (χ1) is 32.6. The Labute approximate surface area is 402 Å². The summed E-state index contributed by atoms with van der Waals surface area (Å²) in [5.41, 5.74) is 11.9. The molecular formula is C63H60N4O. The zero-order chi connectivity index (χ0) is 47.4. The summed E-state index contributed by atoms with van der Waals surface area (Å²) < 4.78 is 13.5. The molecule has 0 saturated carbocycles. The van der Waals surface area contributed by atoms with Gasteiger partial charge in [0.05, 0.1) is 22.4 Å². The Morgan fingerprint density at radius 1 is 0.456 bits per heavy atom. The summed E-state index contributed by atoms with van der Waals surface area (Å²) in [6, 6.07) is 65.3. The van der Waals surface area contributed by atoms with Gasteiger partial charge in [0.1, 0.15) is 17.3 Å². The number of hydrogen-bond donors (Lipinski definition) is 0. The Kier molecular flexibility index (Phi) is 11.1. The van der Waals surface area contributed by atoms with E-state index in [0.29, 0.717) is 0 Å². The molecule has 5 heteroatoms. The largest absolute Gasteiger partial charge is 0.458 e. The van der Waals surface area contributed by atoms with Crippen molar-refractivity contribution < 1.29 is 9.30 Å². The molecule has 0 N–H and O–H groups in total. The van der Waals surface area contributed by atoms with E-state index in [1.807, 2.05) is 6.20 Å². The normalized spacial score (nSPS) is 12.5. The first-order valence-electron chi connectivity index (χ1n) is 23.8. The summed E-state index contributed by atoms with van der Waals surface area (Å²) in [7, 11) is 0. The minimum atomic E-state index is -0.339. The molecule has 68 heavy (non-hydrogen) atoms. The van der Waals surface area contributed by atoms with Gasteiger partial charge >= 0.3 is 0 Å². The molecule has 338 valence electrons. The maximum atomic E-state index is 7.00. The van der Waals surface area contributed by atoms with Crippen LogP contribution >= 0.6 is 0 Å². The first-order valence-corrected chi connectivity index (χ1v) is 23.8. The summed E-state index contributed by atoms with van der Waals surface area (Å²) >= 11 is 0. The van der Waals surface area contributed by atoms with Gasteiger partial charge in [0.25, 0.3) is 6.33 Å². The number of nitrogens with zero attached hydrogens (tertiary/aromatic N) is 4. The van der Waals surface area contributed by atoms with Gasteiger partial charge < -0.3 is 4.74 Å². The number of hydrogen-bond acceptors (Lipinski definition) is 2. The number of ether oxygens (including phenoxy) is 1. The van der Waals surface area contributed by atoms with Gasteiger partial charge in [-0.25, -0.2) is 4.98 Å². The number of pyridine rings is 1. The van der Waals surface area contributed by atoms with E-state index in [-0.39, 0.29) is 21.7 Å². The van der Waals surface area contributed by atoms with Gasteiger partial charge in [-0.2, -0.15) is 0 Å². The average molecular weight is 889 g/mol. The molecule has 10 rings (SSSR count). The molecule has 0 saturated heterocycles. The highest BCUT2D eigenvalue weighted by molar-refractivity contribution is 6.09. The molecule has 0 fully saturated rings. The van der Waals surface area contributed by atoms with E-state index in [9.17, 15) is 0 Å². The van der Waals surface area contributed by atoms with Crippen LogP contribution in [0.2, 0.25) is 0 Å². The van der Waals surface area contributed by atoms with Crippen LogP contribution in [0, 0.1) is 6.33 Å². The smallest absolute Gasteiger partial charge is 0.268 e. The molecule has 3 aromatic heterocycles. The highest BCUT2D eigenvalue weighted by Crippen LogP contribution is 2.41. The van der Waals surface area contributed by atoms with E-state index >= 15 is 0 Å². The molecule has 0 atom stereocenters. The Morgan fingerprint density at radius 2 is 1.00 bits per heavy atom. The molecule has 10 aromatic rings. The van der Waals surface area contributed by atoms with E-state index in [1.54, 1.807) is 0 Å². The molecule has 5 nitrogen and oxygen atoms in total. The number of imidazole rings is 1. The maximum Gasteiger partial charge on any atom is 0.268 e. The predicted octanol–water partition coefficient (Wildman–Crippen LogP) is 15.1. The maximum absolute atomic E-state index is 7.00. The van der Waals surface area contributed by atoms with Crippen LogP contribution < -0.4 is 9.30 Å². The van der Waals surface area contributed by atoms with Crippen molar-refractivity contribution in [2.45, 2.75) is 84.0 Å². The van der Waals surface area contributed by atoms with Crippen molar-refractivity contribution in [3.8, 4) is 28.7 Å². The lowest BCUT2D eigenvalue weighted by atomic mass is 9.73. The van der Waals surface area contributed by atoms with Crippen molar-refractivity contribution in [3.05, 3.63) is 246 Å². The highest BCUT2D eigenvalue weighted by Gasteiger charge is 2.30. The van der Waals surface area contributed by atoms with E-state index in [1.165, 1.54) is 38.8 Å². The number of benzene rings is 7. The van der Waals surface area contributed by atoms with Crippen molar-refractivity contribution in [1.82, 2.24) is 14.1 Å². The molecule has 7 aromatic carbocycles. The molecule has 0 unspecified atom stereocenters. The van der Waals surface area contributed by atoms with Crippen molar-refractivity contribution >= 4 is 21.8 Å². The van der Waals surface area contributed by atoms with E-state index in [2.05, 4.69) is 277 Å². The minimum absolute atomic E-state index is 0.0249. The molecule has 0 bridgehead atoms. The number of rotatable bonds is 11. The van der Waals surface area contributed by atoms with Crippen LogP contribution in [-0.4, -0.2) is 14.1 Å². The summed E-state index contributed by atoms with van der Waals surface area (Å²) in [5, 5.41) is 2.32. The number of para-hydroxylation sites is 1. The van der Waals surface area contributed by atoms with Crippen LogP contribution in [0.15, 0.2) is 201 Å². The molecule has 0 amide bonds. The molecular weight excluding hydrogens is 829 g/mol. The van der Waals surface area contributed by atoms with Crippen LogP contribution in [0.1, 0.15) is 101 Å². The van der Waals surface area contributed by atoms with Gasteiger partial charge in [-0.15, -0.1) is 0 Å². The third-order valence-corrected chi connectivity index (χ3v) is 14.3. The van der Waals surface area contributed by atoms with Gasteiger partial charge in [-0.05, 0) is 105 Å². The van der Waals surface area contributed by atoms with Gasteiger partial charge in [0.15, 0.2) is 0 Å². The van der Waals surface area contributed by atoms with Crippen LogP contribution in [0.5, 0.6) is 11.5 Å². The monoisotopic (exact) mass is 888 g/mol.